The summed E-state index contributed by atoms with van der Waals surface area (Å²) in [4.78, 5) is 23.9. The monoisotopic (exact) mass is 508 g/mol. The van der Waals surface area contributed by atoms with E-state index in [0.717, 1.165) is 25.9 Å². The van der Waals surface area contributed by atoms with Gasteiger partial charge in [-0.1, -0.05) is 77.8 Å². The fourth-order valence-corrected chi connectivity index (χ4v) is 3.85. The average molecular weight is 509 g/mol. The number of hydrogen-bond donors (Lipinski definition) is 1. The van der Waals surface area contributed by atoms with Crippen LogP contribution in [0.4, 0.5) is 0 Å². The van der Waals surface area contributed by atoms with Crippen LogP contribution >= 0.6 is 0 Å². The van der Waals surface area contributed by atoms with Gasteiger partial charge in [0.2, 0.25) is 0 Å². The summed E-state index contributed by atoms with van der Waals surface area (Å²) in [5, 5.41) is 9.32. The van der Waals surface area contributed by atoms with Crippen LogP contribution < -0.4 is 0 Å². The van der Waals surface area contributed by atoms with Crippen molar-refractivity contribution in [3.63, 3.8) is 0 Å². The van der Waals surface area contributed by atoms with E-state index in [1.807, 2.05) is 0 Å². The van der Waals surface area contributed by atoms with E-state index < -0.39 is 11.9 Å². The Morgan fingerprint density at radius 2 is 1.47 bits per heavy atom. The van der Waals surface area contributed by atoms with Crippen LogP contribution in [0.15, 0.2) is 24.3 Å². The molecule has 206 valence electrons. The van der Waals surface area contributed by atoms with E-state index in [4.69, 9.17) is 18.9 Å². The molecule has 0 amide bonds. The Labute approximate surface area is 217 Å². The van der Waals surface area contributed by atoms with Gasteiger partial charge in [0, 0.05) is 26.2 Å². The number of esters is 1. The molecule has 0 saturated carbocycles. The third-order valence-electron chi connectivity index (χ3n) is 6.23. The maximum atomic E-state index is 12.5. The van der Waals surface area contributed by atoms with Gasteiger partial charge in [0.25, 0.3) is 0 Å². The van der Waals surface area contributed by atoms with Crippen LogP contribution in [0.1, 0.15) is 106 Å². The zero-order chi connectivity index (χ0) is 26.4. The summed E-state index contributed by atoms with van der Waals surface area (Å²) in [6.07, 6.45) is 10.7. The lowest BCUT2D eigenvalue weighted by atomic mass is 10.0. The lowest BCUT2D eigenvalue weighted by molar-refractivity contribution is -0.0303. The molecule has 7 heteroatoms. The quantitative estimate of drug-likeness (QED) is 0.133. The first-order chi connectivity index (χ1) is 17.5. The standard InChI is InChI=1S/C29H48O7/c1-4-7-9-10-13-18-35-25(17-19-33-20-21-34-22-24(6-3)14-8-5-2)23-36-29(32)27-16-12-11-15-26(27)28(30)31/h11-12,15-16,24-25H,4-10,13-14,17-23H2,1-3H3,(H,30,31). The lowest BCUT2D eigenvalue weighted by Gasteiger charge is -2.19. The second kappa shape index (κ2) is 21.2. The van der Waals surface area contributed by atoms with Crippen LogP contribution in [0, 0.1) is 5.92 Å². The minimum atomic E-state index is -1.16. The average Bonchev–Trinajstić information content (AvgIpc) is 2.89. The van der Waals surface area contributed by atoms with Crippen LogP contribution in [-0.2, 0) is 18.9 Å². The van der Waals surface area contributed by atoms with Crippen molar-refractivity contribution in [3.05, 3.63) is 35.4 Å². The molecule has 0 radical (unpaired) electrons. The summed E-state index contributed by atoms with van der Waals surface area (Å²) >= 11 is 0. The topological polar surface area (TPSA) is 91.3 Å². The highest BCUT2D eigenvalue weighted by Crippen LogP contribution is 2.14. The van der Waals surface area contributed by atoms with Crippen molar-refractivity contribution in [1.82, 2.24) is 0 Å². The molecular formula is C29H48O7. The first-order valence-electron chi connectivity index (χ1n) is 13.8. The van der Waals surface area contributed by atoms with E-state index in [0.29, 0.717) is 38.8 Å². The molecule has 2 atom stereocenters. The zero-order valence-electron chi connectivity index (χ0n) is 22.7. The summed E-state index contributed by atoms with van der Waals surface area (Å²) in [5.41, 5.74) is -0.0275. The molecule has 0 spiro atoms. The first-order valence-corrected chi connectivity index (χ1v) is 13.8. The normalized spacial score (nSPS) is 12.9. The number of aromatic carboxylic acids is 1. The van der Waals surface area contributed by atoms with E-state index >= 15 is 0 Å². The Kier molecular flexibility index (Phi) is 18.8. The minimum absolute atomic E-state index is 0.0426. The third kappa shape index (κ3) is 14.6. The molecule has 1 aromatic rings. The van der Waals surface area contributed by atoms with Crippen molar-refractivity contribution in [2.45, 2.75) is 91.1 Å². The minimum Gasteiger partial charge on any atom is -0.478 e. The number of carboxylic acids is 1. The van der Waals surface area contributed by atoms with Gasteiger partial charge in [-0.3, -0.25) is 0 Å². The van der Waals surface area contributed by atoms with Crippen molar-refractivity contribution in [2.75, 3.05) is 39.6 Å². The smallest absolute Gasteiger partial charge is 0.339 e. The Bertz CT molecular complexity index is 707. The van der Waals surface area contributed by atoms with Gasteiger partial charge in [0.15, 0.2) is 0 Å². The van der Waals surface area contributed by atoms with Crippen molar-refractivity contribution in [3.8, 4) is 0 Å². The number of benzene rings is 1. The molecule has 0 bridgehead atoms. The Morgan fingerprint density at radius 1 is 0.778 bits per heavy atom. The Balaban J connectivity index is 2.43. The van der Waals surface area contributed by atoms with Crippen molar-refractivity contribution < 1.29 is 33.6 Å². The molecule has 0 heterocycles. The molecule has 0 aliphatic heterocycles. The zero-order valence-corrected chi connectivity index (χ0v) is 22.7. The number of ether oxygens (including phenoxy) is 4. The molecule has 36 heavy (non-hydrogen) atoms. The summed E-state index contributed by atoms with van der Waals surface area (Å²) in [6, 6.07) is 6.06. The van der Waals surface area contributed by atoms with E-state index in [1.54, 1.807) is 12.1 Å². The van der Waals surface area contributed by atoms with Crippen LogP contribution in [0.2, 0.25) is 0 Å². The molecule has 0 aliphatic rings. The predicted molar refractivity (Wildman–Crippen MR) is 142 cm³/mol. The Hall–Kier alpha value is -1.96. The third-order valence-corrected chi connectivity index (χ3v) is 6.23. The van der Waals surface area contributed by atoms with Crippen LogP contribution in [0.3, 0.4) is 0 Å². The van der Waals surface area contributed by atoms with E-state index in [2.05, 4.69) is 20.8 Å². The summed E-state index contributed by atoms with van der Waals surface area (Å²) < 4.78 is 23.0. The second-order valence-corrected chi connectivity index (χ2v) is 9.25. The van der Waals surface area contributed by atoms with E-state index in [-0.39, 0.29) is 23.8 Å². The van der Waals surface area contributed by atoms with Crippen molar-refractivity contribution >= 4 is 11.9 Å². The second-order valence-electron chi connectivity index (χ2n) is 9.25. The Morgan fingerprint density at radius 3 is 2.17 bits per heavy atom. The molecule has 7 nitrogen and oxygen atoms in total. The maximum Gasteiger partial charge on any atom is 0.339 e. The van der Waals surface area contributed by atoms with Crippen LogP contribution in [-0.4, -0.2) is 62.8 Å². The highest BCUT2D eigenvalue weighted by atomic mass is 16.6. The SMILES string of the molecule is CCCCCCCOC(CCOCCOCC(CC)CCCC)COC(=O)c1ccccc1C(=O)O. The predicted octanol–water partition coefficient (Wildman–Crippen LogP) is 6.54. The summed E-state index contributed by atoms with van der Waals surface area (Å²) in [6.45, 7) is 9.57. The van der Waals surface area contributed by atoms with Gasteiger partial charge in [0.05, 0.1) is 30.4 Å². The lowest BCUT2D eigenvalue weighted by Crippen LogP contribution is -2.25. The fourth-order valence-electron chi connectivity index (χ4n) is 3.85. The number of unbranched alkanes of at least 4 members (excludes halogenated alkanes) is 5. The molecule has 1 rings (SSSR count). The molecule has 0 fully saturated rings. The van der Waals surface area contributed by atoms with Crippen LogP contribution in [0.25, 0.3) is 0 Å². The van der Waals surface area contributed by atoms with Gasteiger partial charge < -0.3 is 24.1 Å². The molecule has 0 aliphatic carbocycles. The molecule has 1 N–H and O–H groups in total. The number of carbonyl (C=O) groups is 2. The molecule has 0 aromatic heterocycles. The van der Waals surface area contributed by atoms with Crippen molar-refractivity contribution in [1.29, 1.82) is 0 Å². The fraction of sp³-hybridized carbons (Fsp3) is 0.724. The number of carboxylic acid groups (broad SMARTS) is 1. The summed E-state index contributed by atoms with van der Waals surface area (Å²) in [7, 11) is 0. The molecule has 0 saturated heterocycles. The van der Waals surface area contributed by atoms with Crippen LogP contribution in [0.5, 0.6) is 0 Å². The molecule has 1 aromatic carbocycles. The van der Waals surface area contributed by atoms with Gasteiger partial charge >= 0.3 is 11.9 Å². The highest BCUT2D eigenvalue weighted by Gasteiger charge is 2.19. The van der Waals surface area contributed by atoms with Gasteiger partial charge in [-0.15, -0.1) is 0 Å². The maximum absolute atomic E-state index is 12.5. The van der Waals surface area contributed by atoms with E-state index in [1.165, 1.54) is 50.7 Å². The van der Waals surface area contributed by atoms with Gasteiger partial charge in [0.1, 0.15) is 6.61 Å². The van der Waals surface area contributed by atoms with Gasteiger partial charge in [-0.05, 0) is 30.9 Å². The number of carbonyl (C=O) groups excluding carboxylic acids is 1. The number of rotatable bonds is 23. The highest BCUT2D eigenvalue weighted by molar-refractivity contribution is 6.02. The number of hydrogen-bond acceptors (Lipinski definition) is 6. The van der Waals surface area contributed by atoms with Gasteiger partial charge in [-0.25, -0.2) is 9.59 Å². The first kappa shape index (κ1) is 32.1. The van der Waals surface area contributed by atoms with Crippen molar-refractivity contribution in [2.24, 2.45) is 5.92 Å². The molecule has 2 unspecified atom stereocenters. The van der Waals surface area contributed by atoms with Gasteiger partial charge in [-0.2, -0.15) is 0 Å². The largest absolute Gasteiger partial charge is 0.478 e. The summed E-state index contributed by atoms with van der Waals surface area (Å²) in [5.74, 6) is -1.21. The molecular weight excluding hydrogens is 460 g/mol. The van der Waals surface area contributed by atoms with E-state index in [9.17, 15) is 14.7 Å².